The Balaban J connectivity index is 1.62. The fourth-order valence-corrected chi connectivity index (χ4v) is 2.79. The molecule has 144 valence electrons. The maximum Gasteiger partial charge on any atom is 0.277 e. The summed E-state index contributed by atoms with van der Waals surface area (Å²) in [4.78, 5) is 11.9. The molecule has 0 bridgehead atoms. The van der Waals surface area contributed by atoms with Crippen LogP contribution in [0.1, 0.15) is 16.8 Å². The van der Waals surface area contributed by atoms with Crippen molar-refractivity contribution in [3.8, 4) is 11.4 Å². The molecule has 0 aliphatic heterocycles. The van der Waals surface area contributed by atoms with E-state index in [1.54, 1.807) is 25.1 Å². The van der Waals surface area contributed by atoms with Crippen LogP contribution in [-0.2, 0) is 4.79 Å². The van der Waals surface area contributed by atoms with Gasteiger partial charge in [0.25, 0.3) is 5.91 Å². The minimum atomic E-state index is -0.405. The summed E-state index contributed by atoms with van der Waals surface area (Å²) in [6.45, 7) is 3.54. The molecule has 0 saturated carbocycles. The van der Waals surface area contributed by atoms with Crippen LogP contribution in [0.3, 0.4) is 0 Å². The summed E-state index contributed by atoms with van der Waals surface area (Å²) in [5.74, 6) is -0.141. The lowest BCUT2D eigenvalue weighted by Crippen LogP contribution is -2.24. The molecule has 0 saturated heterocycles. The third-order valence-corrected chi connectivity index (χ3v) is 4.23. The van der Waals surface area contributed by atoms with E-state index in [1.807, 2.05) is 25.1 Å². The number of nitrogens with one attached hydrogen (secondary N) is 1. The number of rotatable bonds is 6. The molecule has 0 atom stereocenters. The first-order valence-corrected chi connectivity index (χ1v) is 8.84. The predicted molar refractivity (Wildman–Crippen MR) is 106 cm³/mol. The van der Waals surface area contributed by atoms with E-state index < -0.39 is 5.91 Å². The van der Waals surface area contributed by atoms with Crippen LogP contribution < -0.4 is 10.2 Å². The second-order valence-electron chi connectivity index (χ2n) is 6.08. The van der Waals surface area contributed by atoms with Gasteiger partial charge < -0.3 is 4.74 Å². The van der Waals surface area contributed by atoms with Crippen LogP contribution in [-0.4, -0.2) is 28.5 Å². The minimum Gasteiger partial charge on any atom is -0.484 e. The summed E-state index contributed by atoms with van der Waals surface area (Å²) in [6.07, 6.45) is 1.41. The molecule has 0 unspecified atom stereocenters. The largest absolute Gasteiger partial charge is 0.484 e. The van der Waals surface area contributed by atoms with Gasteiger partial charge in [0, 0.05) is 0 Å². The molecule has 8 heteroatoms. The molecule has 1 amide bonds. The standard InChI is InChI=1S/C20H18ClFN4O2/c1-13-4-3-5-17(10-13)28-12-19(27)24-23-11-18-14(2)25-26(20(18)21)16-8-6-15(22)7-9-16/h3-11H,12H2,1-2H3,(H,24,27)/b23-11-. The van der Waals surface area contributed by atoms with Gasteiger partial charge in [-0.25, -0.2) is 14.5 Å². The monoisotopic (exact) mass is 400 g/mol. The molecule has 0 aliphatic rings. The number of ether oxygens (including phenoxy) is 1. The van der Waals surface area contributed by atoms with Crippen LogP contribution in [0.2, 0.25) is 5.15 Å². The van der Waals surface area contributed by atoms with Crippen LogP contribution in [0.15, 0.2) is 53.6 Å². The number of hydrogen-bond donors (Lipinski definition) is 1. The molecular formula is C20H18ClFN4O2. The smallest absolute Gasteiger partial charge is 0.277 e. The third-order valence-electron chi connectivity index (χ3n) is 3.86. The molecule has 0 aliphatic carbocycles. The number of carbonyl (C=O) groups is 1. The second kappa shape index (κ2) is 8.67. The van der Waals surface area contributed by atoms with Crippen molar-refractivity contribution in [2.45, 2.75) is 13.8 Å². The number of amides is 1. The molecule has 0 spiro atoms. The number of aryl methyl sites for hydroxylation is 2. The Morgan fingerprint density at radius 3 is 2.75 bits per heavy atom. The van der Waals surface area contributed by atoms with E-state index in [0.29, 0.717) is 27.8 Å². The van der Waals surface area contributed by atoms with E-state index in [1.165, 1.54) is 23.0 Å². The highest BCUT2D eigenvalue weighted by atomic mass is 35.5. The zero-order valence-corrected chi connectivity index (χ0v) is 16.1. The van der Waals surface area contributed by atoms with Gasteiger partial charge in [-0.15, -0.1) is 0 Å². The predicted octanol–water partition coefficient (Wildman–Crippen LogP) is 3.81. The molecule has 0 radical (unpaired) electrons. The quantitative estimate of drug-likeness (QED) is 0.505. The van der Waals surface area contributed by atoms with Crippen LogP contribution in [0, 0.1) is 19.7 Å². The topological polar surface area (TPSA) is 68.5 Å². The van der Waals surface area contributed by atoms with E-state index in [-0.39, 0.29) is 12.4 Å². The number of halogens is 2. The van der Waals surface area contributed by atoms with Crippen LogP contribution in [0.25, 0.3) is 5.69 Å². The van der Waals surface area contributed by atoms with Gasteiger partial charge in [-0.3, -0.25) is 4.79 Å². The van der Waals surface area contributed by atoms with Gasteiger partial charge >= 0.3 is 0 Å². The number of hydrazone groups is 1. The minimum absolute atomic E-state index is 0.164. The highest BCUT2D eigenvalue weighted by Gasteiger charge is 2.13. The lowest BCUT2D eigenvalue weighted by atomic mass is 10.2. The number of hydrogen-bond acceptors (Lipinski definition) is 4. The first-order chi connectivity index (χ1) is 13.4. The first kappa shape index (κ1) is 19.6. The fourth-order valence-electron chi connectivity index (χ4n) is 2.47. The molecule has 1 N–H and O–H groups in total. The van der Waals surface area contributed by atoms with Crippen LogP contribution >= 0.6 is 11.6 Å². The van der Waals surface area contributed by atoms with Crippen molar-refractivity contribution in [2.24, 2.45) is 5.10 Å². The molecule has 3 aromatic rings. The maximum atomic E-state index is 13.1. The Hall–Kier alpha value is -3.19. The zero-order valence-electron chi connectivity index (χ0n) is 15.3. The van der Waals surface area contributed by atoms with Gasteiger partial charge in [0.2, 0.25) is 0 Å². The highest BCUT2D eigenvalue weighted by Crippen LogP contribution is 2.22. The summed E-state index contributed by atoms with van der Waals surface area (Å²) in [5.41, 5.74) is 5.20. The number of benzene rings is 2. The molecular weight excluding hydrogens is 383 g/mol. The molecule has 1 aromatic heterocycles. The Bertz CT molecular complexity index is 1020. The van der Waals surface area contributed by atoms with Gasteiger partial charge in [0.05, 0.1) is 23.2 Å². The van der Waals surface area contributed by atoms with Gasteiger partial charge in [-0.1, -0.05) is 23.7 Å². The number of carbonyl (C=O) groups excluding carboxylic acids is 1. The van der Waals surface area contributed by atoms with Gasteiger partial charge in [0.15, 0.2) is 6.61 Å². The van der Waals surface area contributed by atoms with Gasteiger partial charge in [-0.05, 0) is 55.8 Å². The van der Waals surface area contributed by atoms with Crippen molar-refractivity contribution in [1.29, 1.82) is 0 Å². The number of nitrogens with zero attached hydrogens (tertiary/aromatic N) is 3. The van der Waals surface area contributed by atoms with Crippen molar-refractivity contribution < 1.29 is 13.9 Å². The average molecular weight is 401 g/mol. The summed E-state index contributed by atoms with van der Waals surface area (Å²) < 4.78 is 20.0. The van der Waals surface area contributed by atoms with Crippen molar-refractivity contribution in [3.63, 3.8) is 0 Å². The summed E-state index contributed by atoms with van der Waals surface area (Å²) >= 11 is 6.35. The molecule has 3 rings (SSSR count). The molecule has 2 aromatic carbocycles. The van der Waals surface area contributed by atoms with E-state index in [4.69, 9.17) is 16.3 Å². The van der Waals surface area contributed by atoms with Crippen molar-refractivity contribution in [1.82, 2.24) is 15.2 Å². The third kappa shape index (κ3) is 4.75. The summed E-state index contributed by atoms with van der Waals surface area (Å²) in [7, 11) is 0. The summed E-state index contributed by atoms with van der Waals surface area (Å²) in [6, 6.07) is 13.2. The molecule has 28 heavy (non-hydrogen) atoms. The van der Waals surface area contributed by atoms with Crippen molar-refractivity contribution in [2.75, 3.05) is 6.61 Å². The van der Waals surface area contributed by atoms with Crippen LogP contribution in [0.5, 0.6) is 5.75 Å². The zero-order chi connectivity index (χ0) is 20.1. The van der Waals surface area contributed by atoms with Crippen molar-refractivity contribution >= 4 is 23.7 Å². The van der Waals surface area contributed by atoms with Crippen molar-refractivity contribution in [3.05, 3.63) is 76.3 Å². The Kier molecular flexibility index (Phi) is 6.06. The van der Waals surface area contributed by atoms with E-state index in [9.17, 15) is 9.18 Å². The van der Waals surface area contributed by atoms with Gasteiger partial charge in [0.1, 0.15) is 16.7 Å². The molecule has 6 nitrogen and oxygen atoms in total. The number of aromatic nitrogens is 2. The molecule has 0 fully saturated rings. The second-order valence-corrected chi connectivity index (χ2v) is 6.43. The SMILES string of the molecule is Cc1cccc(OCC(=O)N/N=C\c2c(C)nn(-c3ccc(F)cc3)c2Cl)c1. The maximum absolute atomic E-state index is 13.1. The lowest BCUT2D eigenvalue weighted by Gasteiger charge is -2.05. The Morgan fingerprint density at radius 2 is 2.04 bits per heavy atom. The fraction of sp³-hybridized carbons (Fsp3) is 0.150. The first-order valence-electron chi connectivity index (χ1n) is 8.46. The molecule has 1 heterocycles. The van der Waals surface area contributed by atoms with E-state index in [2.05, 4.69) is 15.6 Å². The van der Waals surface area contributed by atoms with Crippen LogP contribution in [0.4, 0.5) is 4.39 Å². The lowest BCUT2D eigenvalue weighted by molar-refractivity contribution is -0.123. The van der Waals surface area contributed by atoms with Gasteiger partial charge in [-0.2, -0.15) is 10.2 Å². The van der Waals surface area contributed by atoms with E-state index >= 15 is 0 Å². The average Bonchev–Trinajstić information content (AvgIpc) is 2.95. The Labute approximate surface area is 166 Å². The Morgan fingerprint density at radius 1 is 1.29 bits per heavy atom. The highest BCUT2D eigenvalue weighted by molar-refractivity contribution is 6.32. The van der Waals surface area contributed by atoms with E-state index in [0.717, 1.165) is 5.56 Å². The summed E-state index contributed by atoms with van der Waals surface area (Å²) in [5, 5.41) is 8.54. The normalized spacial score (nSPS) is 11.0.